The predicted octanol–water partition coefficient (Wildman–Crippen LogP) is 2.75. The summed E-state index contributed by atoms with van der Waals surface area (Å²) in [7, 11) is 1.99. The zero-order valence-corrected chi connectivity index (χ0v) is 9.69. The first-order chi connectivity index (χ1) is 7.56. The van der Waals surface area contributed by atoms with Gasteiger partial charge in [-0.05, 0) is 25.3 Å². The smallest absolute Gasteiger partial charge is 0.235 e. The highest BCUT2D eigenvalue weighted by Crippen LogP contribution is 2.31. The Hall–Kier alpha value is -1.86. The highest BCUT2D eigenvalue weighted by Gasteiger charge is 2.22. The van der Waals surface area contributed by atoms with Gasteiger partial charge < -0.3 is 4.57 Å². The molecule has 16 heavy (non-hydrogen) atoms. The normalized spacial score (nSPS) is 11.4. The van der Waals surface area contributed by atoms with Crippen molar-refractivity contribution < 1.29 is 4.79 Å². The molecule has 0 radical (unpaired) electrons. The second-order valence-corrected chi connectivity index (χ2v) is 4.43. The molecule has 0 aliphatic rings. The minimum Gasteiger partial charge on any atom is -0.350 e. The number of aromatic nitrogens is 1. The highest BCUT2D eigenvalue weighted by atomic mass is 16.1. The Morgan fingerprint density at radius 2 is 2.06 bits per heavy atom. The molecule has 1 aromatic carbocycles. The minimum atomic E-state index is -0.534. The average Bonchev–Trinajstić information content (AvgIpc) is 2.60. The topological polar surface area (TPSA) is 34.4 Å². The lowest BCUT2D eigenvalue weighted by Gasteiger charge is -2.19. The number of isocyanates is 1. The molecule has 0 aliphatic heterocycles. The van der Waals surface area contributed by atoms with Gasteiger partial charge in [0.2, 0.25) is 6.08 Å². The van der Waals surface area contributed by atoms with Crippen LogP contribution in [0.5, 0.6) is 0 Å². The maximum absolute atomic E-state index is 10.5. The maximum Gasteiger partial charge on any atom is 0.235 e. The van der Waals surface area contributed by atoms with Crippen molar-refractivity contribution in [3.05, 3.63) is 36.0 Å². The molecule has 3 heteroatoms. The molecule has 0 amide bonds. The van der Waals surface area contributed by atoms with E-state index in [0.717, 1.165) is 16.5 Å². The van der Waals surface area contributed by atoms with Crippen LogP contribution < -0.4 is 0 Å². The fraction of sp³-hybridized carbons (Fsp3) is 0.308. The van der Waals surface area contributed by atoms with E-state index < -0.39 is 5.54 Å². The van der Waals surface area contributed by atoms with Gasteiger partial charge in [-0.25, -0.2) is 4.79 Å². The van der Waals surface area contributed by atoms with Crippen LogP contribution in [0.15, 0.2) is 35.5 Å². The summed E-state index contributed by atoms with van der Waals surface area (Å²) >= 11 is 0. The number of nitrogens with zero attached hydrogens (tertiary/aromatic N) is 2. The molecule has 0 saturated heterocycles. The molecule has 2 aromatic rings. The number of fused-ring (bicyclic) bond motifs is 1. The van der Waals surface area contributed by atoms with Crippen LogP contribution in [0.25, 0.3) is 10.9 Å². The molecule has 2 rings (SSSR count). The van der Waals surface area contributed by atoms with Gasteiger partial charge in [0.1, 0.15) is 0 Å². The Labute approximate surface area is 94.4 Å². The Morgan fingerprint density at radius 3 is 2.75 bits per heavy atom. The summed E-state index contributed by atoms with van der Waals surface area (Å²) in [5.74, 6) is 0. The van der Waals surface area contributed by atoms with Gasteiger partial charge in [0, 0.05) is 18.8 Å². The number of carbonyl (C=O) groups excluding carboxylic acids is 1. The molecule has 3 nitrogen and oxygen atoms in total. The van der Waals surface area contributed by atoms with Gasteiger partial charge in [0.15, 0.2) is 0 Å². The highest BCUT2D eigenvalue weighted by molar-refractivity contribution is 5.84. The first-order valence-electron chi connectivity index (χ1n) is 5.20. The van der Waals surface area contributed by atoms with Crippen molar-refractivity contribution >= 4 is 17.0 Å². The number of para-hydroxylation sites is 1. The van der Waals surface area contributed by atoms with E-state index >= 15 is 0 Å². The van der Waals surface area contributed by atoms with Gasteiger partial charge in [-0.3, -0.25) is 0 Å². The molecule has 0 unspecified atom stereocenters. The van der Waals surface area contributed by atoms with Crippen molar-refractivity contribution in [3.8, 4) is 0 Å². The van der Waals surface area contributed by atoms with Gasteiger partial charge in [0.25, 0.3) is 0 Å². The van der Waals surface area contributed by atoms with Crippen LogP contribution >= 0.6 is 0 Å². The van der Waals surface area contributed by atoms with Crippen molar-refractivity contribution in [2.24, 2.45) is 12.0 Å². The van der Waals surface area contributed by atoms with Crippen molar-refractivity contribution in [2.45, 2.75) is 19.4 Å². The van der Waals surface area contributed by atoms with Crippen LogP contribution in [0.3, 0.4) is 0 Å². The first-order valence-corrected chi connectivity index (χ1v) is 5.20. The largest absolute Gasteiger partial charge is 0.350 e. The SMILES string of the molecule is Cn1ccc2cccc(C(C)(C)N=C=O)c21. The van der Waals surface area contributed by atoms with E-state index in [-0.39, 0.29) is 0 Å². The van der Waals surface area contributed by atoms with Crippen LogP contribution in [0.1, 0.15) is 19.4 Å². The Kier molecular flexibility index (Phi) is 2.41. The molecule has 0 saturated carbocycles. The third-order valence-electron chi connectivity index (χ3n) is 2.88. The quantitative estimate of drug-likeness (QED) is 0.559. The van der Waals surface area contributed by atoms with E-state index in [0.29, 0.717) is 0 Å². The summed E-state index contributed by atoms with van der Waals surface area (Å²) in [6.07, 6.45) is 3.66. The van der Waals surface area contributed by atoms with Gasteiger partial charge in [-0.15, -0.1) is 0 Å². The minimum absolute atomic E-state index is 0.534. The van der Waals surface area contributed by atoms with Crippen molar-refractivity contribution in [3.63, 3.8) is 0 Å². The van der Waals surface area contributed by atoms with Crippen LogP contribution in [0.2, 0.25) is 0 Å². The van der Waals surface area contributed by atoms with Crippen LogP contribution in [0, 0.1) is 0 Å². The lowest BCUT2D eigenvalue weighted by atomic mass is 9.93. The van der Waals surface area contributed by atoms with Gasteiger partial charge in [-0.2, -0.15) is 4.99 Å². The van der Waals surface area contributed by atoms with E-state index in [4.69, 9.17) is 0 Å². The number of aryl methyl sites for hydroxylation is 1. The summed E-state index contributed by atoms with van der Waals surface area (Å²) < 4.78 is 2.05. The molecule has 0 spiro atoms. The monoisotopic (exact) mass is 214 g/mol. The molecule has 0 atom stereocenters. The molecule has 0 fully saturated rings. The van der Waals surface area contributed by atoms with E-state index in [1.807, 2.05) is 43.8 Å². The second-order valence-electron chi connectivity index (χ2n) is 4.43. The van der Waals surface area contributed by atoms with Gasteiger partial charge >= 0.3 is 0 Å². The fourth-order valence-corrected chi connectivity index (χ4v) is 2.02. The first kappa shape index (κ1) is 10.7. The standard InChI is InChI=1S/C13H14N2O/c1-13(2,14-9-16)11-6-4-5-10-7-8-15(3)12(10)11/h4-8H,1-3H3. The molecule has 0 N–H and O–H groups in total. The Morgan fingerprint density at radius 1 is 1.31 bits per heavy atom. The lowest BCUT2D eigenvalue weighted by molar-refractivity contribution is 0.524. The van der Waals surface area contributed by atoms with E-state index in [1.54, 1.807) is 6.08 Å². The van der Waals surface area contributed by atoms with Crippen molar-refractivity contribution in [1.29, 1.82) is 0 Å². The van der Waals surface area contributed by atoms with Gasteiger partial charge in [0.05, 0.1) is 11.1 Å². The zero-order valence-electron chi connectivity index (χ0n) is 9.69. The zero-order chi connectivity index (χ0) is 11.8. The number of hydrogen-bond acceptors (Lipinski definition) is 2. The van der Waals surface area contributed by atoms with Crippen LogP contribution in [0.4, 0.5) is 0 Å². The van der Waals surface area contributed by atoms with Crippen molar-refractivity contribution in [2.75, 3.05) is 0 Å². The molecule has 1 aromatic heterocycles. The number of benzene rings is 1. The predicted molar refractivity (Wildman–Crippen MR) is 64.1 cm³/mol. The van der Waals surface area contributed by atoms with Crippen LogP contribution in [-0.2, 0) is 17.4 Å². The summed E-state index contributed by atoms with van der Waals surface area (Å²) in [6.45, 7) is 3.83. The van der Waals surface area contributed by atoms with E-state index in [9.17, 15) is 4.79 Å². The third-order valence-corrected chi connectivity index (χ3v) is 2.88. The second kappa shape index (κ2) is 3.62. The summed E-state index contributed by atoms with van der Waals surface area (Å²) in [5, 5.41) is 1.16. The van der Waals surface area contributed by atoms with Gasteiger partial charge in [-0.1, -0.05) is 18.2 Å². The lowest BCUT2D eigenvalue weighted by Crippen LogP contribution is -2.14. The van der Waals surface area contributed by atoms with Crippen LogP contribution in [-0.4, -0.2) is 10.6 Å². The number of aliphatic imine (C=N–C) groups is 1. The average molecular weight is 214 g/mol. The molecule has 82 valence electrons. The summed E-state index contributed by atoms with van der Waals surface area (Å²) in [4.78, 5) is 14.3. The maximum atomic E-state index is 10.5. The Bertz CT molecular complexity index is 575. The number of hydrogen-bond donors (Lipinski definition) is 0. The molecule has 0 bridgehead atoms. The number of rotatable bonds is 2. The summed E-state index contributed by atoms with van der Waals surface area (Å²) in [6, 6.07) is 8.10. The third kappa shape index (κ3) is 1.55. The molecule has 0 aliphatic carbocycles. The van der Waals surface area contributed by atoms with E-state index in [2.05, 4.69) is 17.1 Å². The molecular formula is C13H14N2O. The summed E-state index contributed by atoms with van der Waals surface area (Å²) in [5.41, 5.74) is 1.63. The molecular weight excluding hydrogens is 200 g/mol. The fourth-order valence-electron chi connectivity index (χ4n) is 2.02. The van der Waals surface area contributed by atoms with Crippen molar-refractivity contribution in [1.82, 2.24) is 4.57 Å². The van der Waals surface area contributed by atoms with E-state index in [1.165, 1.54) is 0 Å². The Balaban J connectivity index is 2.78. The molecule has 1 heterocycles.